The highest BCUT2D eigenvalue weighted by atomic mass is 16.6. The minimum Gasteiger partial charge on any atom is -0.486 e. The molecular formula is C13H13NO4. The third kappa shape index (κ3) is 2.16. The number of nitrogens with zero attached hydrogens (tertiary/aromatic N) is 1. The Morgan fingerprint density at radius 1 is 1.11 bits per heavy atom. The topological polar surface area (TPSA) is 57.1 Å². The number of ketones is 1. The Balaban J connectivity index is 1.77. The molecule has 1 aromatic rings. The van der Waals surface area contributed by atoms with Gasteiger partial charge in [-0.25, -0.2) is 0 Å². The second-order valence-corrected chi connectivity index (χ2v) is 4.08. The molecule has 94 valence electrons. The van der Waals surface area contributed by atoms with Crippen LogP contribution >= 0.6 is 0 Å². The van der Waals surface area contributed by atoms with Crippen LogP contribution in [-0.2, 0) is 4.74 Å². The van der Waals surface area contributed by atoms with Crippen LogP contribution in [0.15, 0.2) is 23.2 Å². The van der Waals surface area contributed by atoms with Crippen molar-refractivity contribution in [1.82, 2.24) is 0 Å². The molecule has 2 aliphatic rings. The van der Waals surface area contributed by atoms with Crippen LogP contribution < -0.4 is 9.47 Å². The van der Waals surface area contributed by atoms with E-state index >= 15 is 0 Å². The number of hydrogen-bond donors (Lipinski definition) is 0. The van der Waals surface area contributed by atoms with E-state index in [1.165, 1.54) is 0 Å². The number of hydrogen-bond acceptors (Lipinski definition) is 5. The Bertz CT molecular complexity index is 510. The lowest BCUT2D eigenvalue weighted by Crippen LogP contribution is -2.16. The summed E-state index contributed by atoms with van der Waals surface area (Å²) >= 11 is 0. The standard InChI is InChI=1S/C13H13NO4/c15-10(8-13-14-3-4-18-13)9-1-2-11-12(7-9)17-6-5-16-11/h1-2,7H,3-6,8H2. The Hall–Kier alpha value is -2.04. The Labute approximate surface area is 104 Å². The number of aliphatic imine (C=N–C) groups is 1. The van der Waals surface area contributed by atoms with Crippen LogP contribution in [0.1, 0.15) is 16.8 Å². The SMILES string of the molecule is O=C(CC1=NCCO1)c1ccc2c(c1)OCCO2. The van der Waals surface area contributed by atoms with Crippen molar-refractivity contribution in [2.45, 2.75) is 6.42 Å². The normalized spacial score (nSPS) is 17.0. The number of carbonyl (C=O) groups is 1. The lowest BCUT2D eigenvalue weighted by Gasteiger charge is -2.18. The maximum absolute atomic E-state index is 12.0. The highest BCUT2D eigenvalue weighted by Gasteiger charge is 2.18. The Morgan fingerprint density at radius 2 is 1.94 bits per heavy atom. The summed E-state index contributed by atoms with van der Waals surface area (Å²) in [4.78, 5) is 16.1. The third-order valence-electron chi connectivity index (χ3n) is 2.82. The van der Waals surface area contributed by atoms with Crippen molar-refractivity contribution in [3.63, 3.8) is 0 Å². The highest BCUT2D eigenvalue weighted by molar-refractivity contribution is 6.07. The Morgan fingerprint density at radius 3 is 2.72 bits per heavy atom. The summed E-state index contributed by atoms with van der Waals surface area (Å²) in [5, 5.41) is 0. The van der Waals surface area contributed by atoms with Crippen molar-refractivity contribution in [2.75, 3.05) is 26.4 Å². The molecule has 18 heavy (non-hydrogen) atoms. The number of ether oxygens (including phenoxy) is 3. The molecule has 3 rings (SSSR count). The minimum absolute atomic E-state index is 0.0207. The number of carbonyl (C=O) groups excluding carboxylic acids is 1. The van der Waals surface area contributed by atoms with Gasteiger partial charge in [0.2, 0.25) is 0 Å². The average molecular weight is 247 g/mol. The summed E-state index contributed by atoms with van der Waals surface area (Å²) in [7, 11) is 0. The Kier molecular flexibility index (Phi) is 2.88. The number of rotatable bonds is 3. The fourth-order valence-corrected chi connectivity index (χ4v) is 1.94. The molecule has 0 aliphatic carbocycles. The van der Waals surface area contributed by atoms with Gasteiger partial charge in [0.1, 0.15) is 19.8 Å². The predicted molar refractivity (Wildman–Crippen MR) is 64.6 cm³/mol. The molecule has 0 amide bonds. The molecule has 0 bridgehead atoms. The zero-order valence-electron chi connectivity index (χ0n) is 9.85. The first-order chi connectivity index (χ1) is 8.83. The molecule has 0 unspecified atom stereocenters. The van der Waals surface area contributed by atoms with Gasteiger partial charge in [-0.1, -0.05) is 0 Å². The van der Waals surface area contributed by atoms with Gasteiger partial charge in [-0.05, 0) is 18.2 Å². The molecule has 0 fully saturated rings. The monoisotopic (exact) mass is 247 g/mol. The fourth-order valence-electron chi connectivity index (χ4n) is 1.94. The molecule has 0 saturated heterocycles. The number of fused-ring (bicyclic) bond motifs is 1. The van der Waals surface area contributed by atoms with Crippen molar-refractivity contribution in [3.05, 3.63) is 23.8 Å². The largest absolute Gasteiger partial charge is 0.486 e. The summed E-state index contributed by atoms with van der Waals surface area (Å²) in [5.74, 6) is 1.82. The summed E-state index contributed by atoms with van der Waals surface area (Å²) in [5.41, 5.74) is 0.595. The van der Waals surface area contributed by atoms with E-state index in [0.717, 1.165) is 0 Å². The van der Waals surface area contributed by atoms with Gasteiger partial charge in [0.25, 0.3) is 0 Å². The minimum atomic E-state index is -0.0207. The van der Waals surface area contributed by atoms with Gasteiger partial charge in [-0.3, -0.25) is 9.79 Å². The first-order valence-electron chi connectivity index (χ1n) is 5.92. The molecule has 1 aromatic carbocycles. The molecule has 0 spiro atoms. The van der Waals surface area contributed by atoms with E-state index in [4.69, 9.17) is 14.2 Å². The molecule has 0 aromatic heterocycles. The zero-order chi connectivity index (χ0) is 12.4. The van der Waals surface area contributed by atoms with Gasteiger partial charge >= 0.3 is 0 Å². The van der Waals surface area contributed by atoms with Crippen LogP contribution in [0.25, 0.3) is 0 Å². The van der Waals surface area contributed by atoms with E-state index in [1.54, 1.807) is 18.2 Å². The lowest BCUT2D eigenvalue weighted by atomic mass is 10.1. The fraction of sp³-hybridized carbons (Fsp3) is 0.385. The van der Waals surface area contributed by atoms with Gasteiger partial charge in [-0.15, -0.1) is 0 Å². The zero-order valence-corrected chi connectivity index (χ0v) is 9.85. The smallest absolute Gasteiger partial charge is 0.191 e. The van der Waals surface area contributed by atoms with E-state index < -0.39 is 0 Å². The molecule has 0 N–H and O–H groups in total. The van der Waals surface area contributed by atoms with Crippen LogP contribution in [0.3, 0.4) is 0 Å². The van der Waals surface area contributed by atoms with Crippen molar-refractivity contribution < 1.29 is 19.0 Å². The van der Waals surface area contributed by atoms with Gasteiger partial charge < -0.3 is 14.2 Å². The van der Waals surface area contributed by atoms with Crippen molar-refractivity contribution >= 4 is 11.7 Å². The molecular weight excluding hydrogens is 234 g/mol. The van der Waals surface area contributed by atoms with Crippen molar-refractivity contribution in [2.24, 2.45) is 4.99 Å². The maximum Gasteiger partial charge on any atom is 0.191 e. The molecule has 2 heterocycles. The van der Waals surface area contributed by atoms with Gasteiger partial charge in [0.15, 0.2) is 23.2 Å². The van der Waals surface area contributed by atoms with Gasteiger partial charge in [-0.2, -0.15) is 0 Å². The highest BCUT2D eigenvalue weighted by Crippen LogP contribution is 2.31. The first kappa shape index (κ1) is 11.1. The molecule has 2 aliphatic heterocycles. The van der Waals surface area contributed by atoms with Gasteiger partial charge in [0.05, 0.1) is 13.0 Å². The van der Waals surface area contributed by atoms with E-state index in [2.05, 4.69) is 4.99 Å². The predicted octanol–water partition coefficient (Wildman–Crippen LogP) is 1.46. The molecule has 5 nitrogen and oxygen atoms in total. The summed E-state index contributed by atoms with van der Waals surface area (Å²) in [6.07, 6.45) is 0.208. The van der Waals surface area contributed by atoms with E-state index in [9.17, 15) is 4.79 Å². The second kappa shape index (κ2) is 4.68. The van der Waals surface area contributed by atoms with E-state index in [1.807, 2.05) is 0 Å². The molecule has 5 heteroatoms. The average Bonchev–Trinajstić information content (AvgIpc) is 2.91. The van der Waals surface area contributed by atoms with Crippen LogP contribution in [0.2, 0.25) is 0 Å². The van der Waals surface area contributed by atoms with Gasteiger partial charge in [0, 0.05) is 5.56 Å². The molecule has 0 radical (unpaired) electrons. The van der Waals surface area contributed by atoms with Crippen LogP contribution in [0.5, 0.6) is 11.5 Å². The van der Waals surface area contributed by atoms with E-state index in [0.29, 0.717) is 49.3 Å². The summed E-state index contributed by atoms with van der Waals surface area (Å²) in [6, 6.07) is 5.22. The van der Waals surface area contributed by atoms with E-state index in [-0.39, 0.29) is 12.2 Å². The van der Waals surface area contributed by atoms with Crippen molar-refractivity contribution in [1.29, 1.82) is 0 Å². The summed E-state index contributed by atoms with van der Waals surface area (Å²) in [6.45, 7) is 2.28. The molecule has 0 atom stereocenters. The third-order valence-corrected chi connectivity index (χ3v) is 2.82. The quantitative estimate of drug-likeness (QED) is 0.759. The summed E-state index contributed by atoms with van der Waals surface area (Å²) < 4.78 is 16.1. The second-order valence-electron chi connectivity index (χ2n) is 4.08. The van der Waals surface area contributed by atoms with Crippen LogP contribution in [0, 0.1) is 0 Å². The maximum atomic E-state index is 12.0. The lowest BCUT2D eigenvalue weighted by molar-refractivity contribution is 0.0993. The first-order valence-corrected chi connectivity index (χ1v) is 5.92. The van der Waals surface area contributed by atoms with Crippen LogP contribution in [0.4, 0.5) is 0 Å². The number of benzene rings is 1. The molecule has 0 saturated carbocycles. The number of Topliss-reactive ketones (excluding diaryl/α,β-unsaturated/α-hetero) is 1. The van der Waals surface area contributed by atoms with Crippen LogP contribution in [-0.4, -0.2) is 38.0 Å². The van der Waals surface area contributed by atoms with Crippen molar-refractivity contribution in [3.8, 4) is 11.5 Å².